The second-order valence-electron chi connectivity index (χ2n) is 9.85. The molecule has 0 spiro atoms. The topological polar surface area (TPSA) is 162 Å². The van der Waals surface area contributed by atoms with Crippen LogP contribution in [0.15, 0.2) is 23.5 Å². The van der Waals surface area contributed by atoms with Crippen LogP contribution in [-0.2, 0) is 19.1 Å². The van der Waals surface area contributed by atoms with Gasteiger partial charge in [0.2, 0.25) is 0 Å². The van der Waals surface area contributed by atoms with E-state index in [9.17, 15) is 29.7 Å². The van der Waals surface area contributed by atoms with E-state index in [1.54, 1.807) is 0 Å². The van der Waals surface area contributed by atoms with Crippen molar-refractivity contribution in [3.8, 4) is 0 Å². The van der Waals surface area contributed by atoms with E-state index in [0.717, 1.165) is 25.7 Å². The first-order chi connectivity index (χ1) is 15.4. The Morgan fingerprint density at radius 2 is 1.76 bits per heavy atom. The van der Waals surface area contributed by atoms with E-state index in [2.05, 4.69) is 13.5 Å². The number of cyclic esters (lactones) is 1. The molecule has 3 rings (SSSR count). The van der Waals surface area contributed by atoms with Crippen molar-refractivity contribution in [2.75, 3.05) is 13.2 Å². The lowest BCUT2D eigenvalue weighted by Crippen LogP contribution is -2.57. The van der Waals surface area contributed by atoms with E-state index < -0.39 is 29.4 Å². The van der Waals surface area contributed by atoms with E-state index in [-0.39, 0.29) is 49.1 Å². The van der Waals surface area contributed by atoms with Gasteiger partial charge in [0.25, 0.3) is 0 Å². The average molecular weight is 469 g/mol. The van der Waals surface area contributed by atoms with Gasteiger partial charge in [-0.2, -0.15) is 0 Å². The summed E-state index contributed by atoms with van der Waals surface area (Å²) in [7, 11) is 0. The smallest absolute Gasteiger partial charge is 0.337 e. The number of hydrogen-bond donors (Lipinski definition) is 5. The van der Waals surface area contributed by atoms with Crippen molar-refractivity contribution >= 4 is 17.9 Å². The first-order valence-corrected chi connectivity index (χ1v) is 11.3. The molecule has 0 radical (unpaired) electrons. The Balaban J connectivity index is 0.000000414. The summed E-state index contributed by atoms with van der Waals surface area (Å²) in [4.78, 5) is 31.0. The molecule has 2 fully saturated rings. The van der Waals surface area contributed by atoms with E-state index in [1.165, 1.54) is 5.57 Å². The zero-order valence-corrected chi connectivity index (χ0v) is 19.4. The molecular formula is C24H36O9. The summed E-state index contributed by atoms with van der Waals surface area (Å²) in [6.07, 6.45) is 3.49. The zero-order chi connectivity index (χ0) is 25.0. The molecule has 1 heterocycles. The van der Waals surface area contributed by atoms with Crippen molar-refractivity contribution in [3.63, 3.8) is 0 Å². The number of aliphatic carboxylic acids is 2. The molecule has 0 saturated heterocycles. The van der Waals surface area contributed by atoms with Gasteiger partial charge in [0, 0.05) is 5.41 Å². The summed E-state index contributed by atoms with van der Waals surface area (Å²) in [5.41, 5.74) is 1.01. The zero-order valence-electron chi connectivity index (χ0n) is 19.4. The highest BCUT2D eigenvalue weighted by molar-refractivity contribution is 5.91. The highest BCUT2D eigenvalue weighted by Crippen LogP contribution is 2.61. The Bertz CT molecular complexity index is 803. The Kier molecular flexibility index (Phi) is 8.70. The van der Waals surface area contributed by atoms with Gasteiger partial charge in [-0.05, 0) is 55.8 Å². The van der Waals surface area contributed by atoms with Gasteiger partial charge >= 0.3 is 17.9 Å². The van der Waals surface area contributed by atoms with Crippen molar-refractivity contribution in [2.24, 2.45) is 22.7 Å². The molecule has 0 aromatic carbocycles. The van der Waals surface area contributed by atoms with E-state index >= 15 is 0 Å². The van der Waals surface area contributed by atoms with Crippen LogP contribution in [0, 0.1) is 22.7 Å². The van der Waals surface area contributed by atoms with Gasteiger partial charge in [0.1, 0.15) is 12.4 Å². The van der Waals surface area contributed by atoms with Crippen LogP contribution in [0.3, 0.4) is 0 Å². The molecular weight excluding hydrogens is 432 g/mol. The molecule has 3 aliphatic rings. The number of hydrogen-bond acceptors (Lipinski definition) is 7. The lowest BCUT2D eigenvalue weighted by molar-refractivity contribution is -0.152. The molecule has 0 bridgehead atoms. The summed E-state index contributed by atoms with van der Waals surface area (Å²) in [6.45, 7) is 8.48. The molecule has 5 N–H and O–H groups in total. The van der Waals surface area contributed by atoms with Crippen LogP contribution in [0.25, 0.3) is 0 Å². The summed E-state index contributed by atoms with van der Waals surface area (Å²) in [6, 6.07) is 0. The van der Waals surface area contributed by atoms with Crippen LogP contribution in [0.5, 0.6) is 0 Å². The standard InChI is InChI=1S/C20H30O5.C4H6O4/c1-12-4-7-16-19(2,9-8-17(23)20(16,3)11-21)14(12)6-5-13-15(22)10-25-18(13)24;5-3(6)1-2-4(7)8/h14,16-17,21-23H,1,4-11H2,2-3H3;1-2H2,(H,5,6)(H,7,8)/t14-,16+,17-,19+,20+;/m1./s1. The second kappa shape index (κ2) is 10.7. The van der Waals surface area contributed by atoms with Gasteiger partial charge in [-0.3, -0.25) is 9.59 Å². The maximum absolute atomic E-state index is 11.8. The predicted molar refractivity (Wildman–Crippen MR) is 118 cm³/mol. The second-order valence-corrected chi connectivity index (χ2v) is 9.85. The number of fused-ring (bicyclic) bond motifs is 1. The van der Waals surface area contributed by atoms with Crippen LogP contribution < -0.4 is 0 Å². The minimum absolute atomic E-state index is 0.0194. The highest BCUT2D eigenvalue weighted by Gasteiger charge is 2.57. The highest BCUT2D eigenvalue weighted by atomic mass is 16.5. The number of aliphatic hydroxyl groups is 3. The van der Waals surface area contributed by atoms with E-state index in [4.69, 9.17) is 14.9 Å². The molecule has 33 heavy (non-hydrogen) atoms. The quantitative estimate of drug-likeness (QED) is 0.279. The molecule has 0 unspecified atom stereocenters. The summed E-state index contributed by atoms with van der Waals surface area (Å²) in [5, 5.41) is 46.2. The summed E-state index contributed by atoms with van der Waals surface area (Å²) in [5.74, 6) is -2.10. The van der Waals surface area contributed by atoms with Gasteiger partial charge < -0.3 is 30.3 Å². The number of ether oxygens (including phenoxy) is 1. The number of carbonyl (C=O) groups is 3. The Hall–Kier alpha value is -2.39. The molecule has 0 aromatic heterocycles. The third-order valence-electron chi connectivity index (χ3n) is 7.86. The third-order valence-corrected chi connectivity index (χ3v) is 7.86. The largest absolute Gasteiger partial charge is 0.508 e. The molecule has 1 aliphatic heterocycles. The number of esters is 1. The fourth-order valence-electron chi connectivity index (χ4n) is 5.91. The van der Waals surface area contributed by atoms with Gasteiger partial charge in [-0.15, -0.1) is 0 Å². The van der Waals surface area contributed by atoms with Crippen molar-refractivity contribution < 1.29 is 44.7 Å². The number of allylic oxidation sites excluding steroid dienone is 1. The van der Waals surface area contributed by atoms with Crippen LogP contribution in [0.2, 0.25) is 0 Å². The molecule has 9 heteroatoms. The van der Waals surface area contributed by atoms with Crippen LogP contribution in [-0.4, -0.2) is 62.8 Å². The first kappa shape index (κ1) is 26.9. The van der Waals surface area contributed by atoms with E-state index in [1.807, 2.05) is 6.92 Å². The SMILES string of the molecule is C=C1CC[C@@H]2[C@](C)(CO)[C@H](O)CC[C@@]2(C)[C@@H]1CCC1=C(O)COC1=O.O=C(O)CCC(=O)O. The minimum atomic E-state index is -1.08. The van der Waals surface area contributed by atoms with Crippen molar-refractivity contribution in [1.82, 2.24) is 0 Å². The van der Waals surface area contributed by atoms with Crippen LogP contribution in [0.4, 0.5) is 0 Å². The van der Waals surface area contributed by atoms with Gasteiger partial charge in [-0.25, -0.2) is 4.79 Å². The number of carboxylic acid groups (broad SMARTS) is 2. The number of rotatable bonds is 7. The maximum Gasteiger partial charge on any atom is 0.337 e. The first-order valence-electron chi connectivity index (χ1n) is 11.3. The van der Waals surface area contributed by atoms with Gasteiger partial charge in [0.15, 0.2) is 0 Å². The van der Waals surface area contributed by atoms with Crippen molar-refractivity contribution in [1.29, 1.82) is 0 Å². The number of carbonyl (C=O) groups excluding carboxylic acids is 1. The lowest BCUT2D eigenvalue weighted by Gasteiger charge is -2.60. The molecule has 0 amide bonds. The fraction of sp³-hybridized carbons (Fsp3) is 0.708. The van der Waals surface area contributed by atoms with Crippen LogP contribution >= 0.6 is 0 Å². The molecule has 2 saturated carbocycles. The fourth-order valence-corrected chi connectivity index (χ4v) is 5.91. The predicted octanol–water partition coefficient (Wildman–Crippen LogP) is 2.81. The Morgan fingerprint density at radius 3 is 2.24 bits per heavy atom. The Labute approximate surface area is 193 Å². The molecule has 186 valence electrons. The summed E-state index contributed by atoms with van der Waals surface area (Å²) >= 11 is 0. The molecule has 2 aliphatic carbocycles. The minimum Gasteiger partial charge on any atom is -0.508 e. The lowest BCUT2D eigenvalue weighted by atomic mass is 9.46. The number of carboxylic acids is 2. The van der Waals surface area contributed by atoms with E-state index in [0.29, 0.717) is 18.4 Å². The van der Waals surface area contributed by atoms with Crippen LogP contribution in [0.1, 0.15) is 65.2 Å². The number of aliphatic hydroxyl groups excluding tert-OH is 3. The van der Waals surface area contributed by atoms with Gasteiger partial charge in [-0.1, -0.05) is 26.0 Å². The van der Waals surface area contributed by atoms with Gasteiger partial charge in [0.05, 0.1) is 31.1 Å². The maximum atomic E-state index is 11.8. The summed E-state index contributed by atoms with van der Waals surface area (Å²) < 4.78 is 4.89. The van der Waals surface area contributed by atoms with Crippen molar-refractivity contribution in [3.05, 3.63) is 23.5 Å². The normalized spacial score (nSPS) is 33.6. The third kappa shape index (κ3) is 5.76. The average Bonchev–Trinajstić information content (AvgIpc) is 3.07. The molecule has 0 aromatic rings. The molecule has 9 nitrogen and oxygen atoms in total. The molecule has 5 atom stereocenters. The Morgan fingerprint density at radius 1 is 1.15 bits per heavy atom. The van der Waals surface area contributed by atoms with Crippen molar-refractivity contribution in [2.45, 2.75) is 71.3 Å². The monoisotopic (exact) mass is 468 g/mol.